The summed E-state index contributed by atoms with van der Waals surface area (Å²) >= 11 is 5.75. The van der Waals surface area contributed by atoms with Crippen molar-refractivity contribution >= 4 is 17.5 Å². The minimum Gasteiger partial charge on any atom is -0.494 e. The van der Waals surface area contributed by atoms with Crippen molar-refractivity contribution in [2.75, 3.05) is 45.7 Å². The number of methoxy groups -OCH3 is 1. The molecule has 0 unspecified atom stereocenters. The number of carbonyl (C=O) groups is 1. The third-order valence-electron chi connectivity index (χ3n) is 3.68. The molecule has 1 aromatic rings. The van der Waals surface area contributed by atoms with E-state index >= 15 is 0 Å². The van der Waals surface area contributed by atoms with Gasteiger partial charge in [-0.3, -0.25) is 4.79 Å². The van der Waals surface area contributed by atoms with Crippen LogP contribution in [0.3, 0.4) is 0 Å². The van der Waals surface area contributed by atoms with E-state index in [0.29, 0.717) is 24.5 Å². The third-order valence-corrected chi connectivity index (χ3v) is 3.84. The predicted octanol–water partition coefficient (Wildman–Crippen LogP) is 2.22. The molecule has 0 bridgehead atoms. The number of hydrogen-bond donors (Lipinski definition) is 0. The first kappa shape index (κ1) is 16.0. The van der Waals surface area contributed by atoms with E-state index in [1.807, 2.05) is 0 Å². The van der Waals surface area contributed by atoms with Gasteiger partial charge < -0.3 is 14.5 Å². The van der Waals surface area contributed by atoms with Crippen molar-refractivity contribution in [2.24, 2.45) is 0 Å². The van der Waals surface area contributed by atoms with Crippen LogP contribution in [0.2, 0.25) is 0 Å². The summed E-state index contributed by atoms with van der Waals surface area (Å²) in [7, 11) is 1.40. The zero-order valence-electron chi connectivity index (χ0n) is 12.1. The number of amides is 1. The molecule has 1 heterocycles. The molecule has 0 atom stereocenters. The van der Waals surface area contributed by atoms with E-state index in [2.05, 4.69) is 4.90 Å². The van der Waals surface area contributed by atoms with E-state index in [-0.39, 0.29) is 11.7 Å². The molecule has 6 heteroatoms. The number of rotatable bonds is 4. The minimum atomic E-state index is -0.512. The van der Waals surface area contributed by atoms with Crippen LogP contribution in [0.5, 0.6) is 5.75 Å². The highest BCUT2D eigenvalue weighted by Gasteiger charge is 2.21. The van der Waals surface area contributed by atoms with Gasteiger partial charge in [0.15, 0.2) is 11.6 Å². The fourth-order valence-electron chi connectivity index (χ4n) is 2.50. The molecule has 0 saturated carbocycles. The first-order valence-corrected chi connectivity index (χ1v) is 7.60. The molecule has 0 N–H and O–H groups in total. The Kier molecular flexibility index (Phi) is 5.82. The molecule has 4 nitrogen and oxygen atoms in total. The van der Waals surface area contributed by atoms with Crippen molar-refractivity contribution in [3.63, 3.8) is 0 Å². The number of ether oxygens (including phenoxy) is 1. The van der Waals surface area contributed by atoms with Crippen LogP contribution in [-0.4, -0.2) is 61.4 Å². The standard InChI is InChI=1S/C15H20ClFN2O2/c1-21-14-4-3-12(11-13(14)17)15(20)19-7-2-6-18(8-5-16)9-10-19/h3-4,11H,2,5-10H2,1H3. The lowest BCUT2D eigenvalue weighted by atomic mass is 10.1. The van der Waals surface area contributed by atoms with Gasteiger partial charge in [0.2, 0.25) is 0 Å². The second kappa shape index (κ2) is 7.61. The molecule has 116 valence electrons. The summed E-state index contributed by atoms with van der Waals surface area (Å²) in [6.07, 6.45) is 0.904. The molecular weight excluding hydrogens is 295 g/mol. The van der Waals surface area contributed by atoms with Gasteiger partial charge in [0.05, 0.1) is 7.11 Å². The van der Waals surface area contributed by atoms with Gasteiger partial charge in [-0.2, -0.15) is 0 Å². The van der Waals surface area contributed by atoms with E-state index in [0.717, 1.165) is 26.1 Å². The summed E-state index contributed by atoms with van der Waals surface area (Å²) in [4.78, 5) is 16.5. The molecular formula is C15H20ClFN2O2. The van der Waals surface area contributed by atoms with Crippen LogP contribution in [0, 0.1) is 5.82 Å². The second-order valence-corrected chi connectivity index (χ2v) is 5.40. The summed E-state index contributed by atoms with van der Waals surface area (Å²) in [5.74, 6) is 0.0967. The Labute approximate surface area is 129 Å². The number of halogens is 2. The van der Waals surface area contributed by atoms with Gasteiger partial charge in [-0.15, -0.1) is 11.6 Å². The van der Waals surface area contributed by atoms with Crippen LogP contribution in [0.25, 0.3) is 0 Å². The van der Waals surface area contributed by atoms with E-state index in [1.54, 1.807) is 11.0 Å². The SMILES string of the molecule is COc1ccc(C(=O)N2CCCN(CCCl)CC2)cc1F. The average Bonchev–Trinajstić information content (AvgIpc) is 2.72. The molecule has 21 heavy (non-hydrogen) atoms. The first-order chi connectivity index (χ1) is 10.2. The third kappa shape index (κ3) is 4.08. The van der Waals surface area contributed by atoms with Crippen LogP contribution >= 0.6 is 11.6 Å². The Hall–Kier alpha value is -1.33. The highest BCUT2D eigenvalue weighted by atomic mass is 35.5. The minimum absolute atomic E-state index is 0.135. The van der Waals surface area contributed by atoms with Crippen molar-refractivity contribution < 1.29 is 13.9 Å². The lowest BCUT2D eigenvalue weighted by Gasteiger charge is -2.21. The monoisotopic (exact) mass is 314 g/mol. The van der Waals surface area contributed by atoms with Crippen LogP contribution in [-0.2, 0) is 0 Å². The number of benzene rings is 1. The van der Waals surface area contributed by atoms with Crippen molar-refractivity contribution in [3.8, 4) is 5.75 Å². The van der Waals surface area contributed by atoms with E-state index in [4.69, 9.17) is 16.3 Å². The van der Waals surface area contributed by atoms with Gasteiger partial charge in [-0.1, -0.05) is 0 Å². The van der Waals surface area contributed by atoms with Crippen LogP contribution in [0.4, 0.5) is 4.39 Å². The normalized spacial score (nSPS) is 16.6. The van der Waals surface area contributed by atoms with Crippen LogP contribution in [0.1, 0.15) is 16.8 Å². The van der Waals surface area contributed by atoms with E-state index in [1.165, 1.54) is 19.2 Å². The fourth-order valence-corrected chi connectivity index (χ4v) is 2.74. The van der Waals surface area contributed by atoms with Crippen molar-refractivity contribution in [3.05, 3.63) is 29.6 Å². The summed E-state index contributed by atoms with van der Waals surface area (Å²) in [5, 5.41) is 0. The Morgan fingerprint density at radius 3 is 2.81 bits per heavy atom. The molecule has 0 aromatic heterocycles. The van der Waals surface area contributed by atoms with Gasteiger partial charge in [0, 0.05) is 37.6 Å². The smallest absolute Gasteiger partial charge is 0.254 e. The highest BCUT2D eigenvalue weighted by molar-refractivity contribution is 6.18. The van der Waals surface area contributed by atoms with Crippen molar-refractivity contribution in [2.45, 2.75) is 6.42 Å². The average molecular weight is 315 g/mol. The molecule has 1 amide bonds. The number of nitrogens with zero attached hydrogens (tertiary/aromatic N) is 2. The first-order valence-electron chi connectivity index (χ1n) is 7.07. The second-order valence-electron chi connectivity index (χ2n) is 5.03. The Bertz CT molecular complexity index is 499. The maximum Gasteiger partial charge on any atom is 0.254 e. The maximum atomic E-state index is 13.7. The zero-order valence-corrected chi connectivity index (χ0v) is 12.9. The number of carbonyl (C=O) groups excluding carboxylic acids is 1. The topological polar surface area (TPSA) is 32.8 Å². The van der Waals surface area contributed by atoms with Crippen LogP contribution < -0.4 is 4.74 Å². The Balaban J connectivity index is 2.04. The van der Waals surface area contributed by atoms with Gasteiger partial charge in [-0.25, -0.2) is 4.39 Å². The quantitative estimate of drug-likeness (QED) is 0.799. The molecule has 0 radical (unpaired) electrons. The van der Waals surface area contributed by atoms with Gasteiger partial charge in [0.1, 0.15) is 0 Å². The molecule has 0 aliphatic carbocycles. The largest absolute Gasteiger partial charge is 0.494 e. The van der Waals surface area contributed by atoms with Crippen molar-refractivity contribution in [1.29, 1.82) is 0 Å². The highest BCUT2D eigenvalue weighted by Crippen LogP contribution is 2.19. The molecule has 0 spiro atoms. The zero-order chi connectivity index (χ0) is 15.2. The van der Waals surface area contributed by atoms with Crippen LogP contribution in [0.15, 0.2) is 18.2 Å². The van der Waals surface area contributed by atoms with Crippen molar-refractivity contribution in [1.82, 2.24) is 9.80 Å². The van der Waals surface area contributed by atoms with E-state index in [9.17, 15) is 9.18 Å². The Morgan fingerprint density at radius 2 is 2.14 bits per heavy atom. The lowest BCUT2D eigenvalue weighted by molar-refractivity contribution is 0.0761. The molecule has 1 saturated heterocycles. The molecule has 2 rings (SSSR count). The molecule has 1 aromatic carbocycles. The number of alkyl halides is 1. The maximum absolute atomic E-state index is 13.7. The fraction of sp³-hybridized carbons (Fsp3) is 0.533. The van der Waals surface area contributed by atoms with Gasteiger partial charge in [0.25, 0.3) is 5.91 Å². The Morgan fingerprint density at radius 1 is 1.33 bits per heavy atom. The summed E-state index contributed by atoms with van der Waals surface area (Å²) < 4.78 is 18.6. The molecule has 1 aliphatic heterocycles. The number of hydrogen-bond acceptors (Lipinski definition) is 3. The predicted molar refractivity (Wildman–Crippen MR) is 80.6 cm³/mol. The lowest BCUT2D eigenvalue weighted by Crippen LogP contribution is -2.35. The summed E-state index contributed by atoms with van der Waals surface area (Å²) in [6, 6.07) is 4.33. The summed E-state index contributed by atoms with van der Waals surface area (Å²) in [6.45, 7) is 3.90. The molecule has 1 aliphatic rings. The molecule has 1 fully saturated rings. The van der Waals surface area contributed by atoms with Gasteiger partial charge in [-0.05, 0) is 31.2 Å². The van der Waals surface area contributed by atoms with E-state index < -0.39 is 5.82 Å². The van der Waals surface area contributed by atoms with Gasteiger partial charge >= 0.3 is 0 Å². The summed E-state index contributed by atoms with van der Waals surface area (Å²) in [5.41, 5.74) is 0.360.